The van der Waals surface area contributed by atoms with Gasteiger partial charge in [-0.05, 0) is 25.7 Å². The van der Waals surface area contributed by atoms with Crippen molar-refractivity contribution in [1.29, 1.82) is 0 Å². The zero-order chi connectivity index (χ0) is 13.6. The third-order valence-electron chi connectivity index (χ3n) is 3.62. The van der Waals surface area contributed by atoms with E-state index in [0.29, 0.717) is 39.1 Å². The molecule has 0 radical (unpaired) electrons. The van der Waals surface area contributed by atoms with E-state index >= 15 is 0 Å². The first-order chi connectivity index (χ1) is 8.57. The van der Waals surface area contributed by atoms with E-state index in [0.717, 1.165) is 12.8 Å². The SMILES string of the molecule is CCC(CC)N(CCN)S(=O)(=O)C1CCOCC1. The average Bonchev–Trinajstić information content (AvgIpc) is 2.40. The van der Waals surface area contributed by atoms with Crippen LogP contribution in [0.15, 0.2) is 0 Å². The van der Waals surface area contributed by atoms with Gasteiger partial charge in [0.1, 0.15) is 0 Å². The van der Waals surface area contributed by atoms with Crippen LogP contribution in [-0.2, 0) is 14.8 Å². The number of nitrogens with zero attached hydrogens (tertiary/aromatic N) is 1. The van der Waals surface area contributed by atoms with Crippen LogP contribution in [0.5, 0.6) is 0 Å². The van der Waals surface area contributed by atoms with Gasteiger partial charge < -0.3 is 10.5 Å². The number of nitrogens with two attached hydrogens (primary N) is 1. The molecule has 1 saturated heterocycles. The van der Waals surface area contributed by atoms with Crippen LogP contribution in [0.1, 0.15) is 39.5 Å². The fraction of sp³-hybridized carbons (Fsp3) is 1.00. The van der Waals surface area contributed by atoms with Crippen LogP contribution < -0.4 is 5.73 Å². The summed E-state index contributed by atoms with van der Waals surface area (Å²) in [6.45, 7) is 5.94. The molecule has 108 valence electrons. The molecular formula is C12H26N2O3S. The Kier molecular flexibility index (Phi) is 6.55. The van der Waals surface area contributed by atoms with E-state index in [4.69, 9.17) is 10.5 Å². The first kappa shape index (κ1) is 15.9. The van der Waals surface area contributed by atoms with E-state index < -0.39 is 10.0 Å². The van der Waals surface area contributed by atoms with Gasteiger partial charge in [0.15, 0.2) is 0 Å². The summed E-state index contributed by atoms with van der Waals surface area (Å²) in [7, 11) is -3.24. The second-order valence-electron chi connectivity index (χ2n) is 4.73. The molecule has 0 aromatic rings. The van der Waals surface area contributed by atoms with E-state index in [1.807, 2.05) is 13.8 Å². The van der Waals surface area contributed by atoms with Crippen LogP contribution >= 0.6 is 0 Å². The van der Waals surface area contributed by atoms with E-state index in [9.17, 15) is 8.42 Å². The van der Waals surface area contributed by atoms with Crippen molar-refractivity contribution in [3.63, 3.8) is 0 Å². The molecule has 0 saturated carbocycles. The molecule has 1 rings (SSSR count). The Morgan fingerprint density at radius 2 is 1.83 bits per heavy atom. The molecule has 5 nitrogen and oxygen atoms in total. The van der Waals surface area contributed by atoms with Crippen LogP contribution in [0.2, 0.25) is 0 Å². The van der Waals surface area contributed by atoms with Crippen molar-refractivity contribution in [2.75, 3.05) is 26.3 Å². The van der Waals surface area contributed by atoms with Gasteiger partial charge in [-0.15, -0.1) is 0 Å². The number of rotatable bonds is 7. The summed E-state index contributed by atoms with van der Waals surface area (Å²) in [5, 5.41) is -0.293. The van der Waals surface area contributed by atoms with Gasteiger partial charge in [0.2, 0.25) is 10.0 Å². The Balaban J connectivity index is 2.87. The predicted octanol–water partition coefficient (Wildman–Crippen LogP) is 0.945. The molecule has 0 aliphatic carbocycles. The van der Waals surface area contributed by atoms with Crippen molar-refractivity contribution in [3.8, 4) is 0 Å². The lowest BCUT2D eigenvalue weighted by molar-refractivity contribution is 0.0967. The van der Waals surface area contributed by atoms with Crippen molar-refractivity contribution in [2.24, 2.45) is 5.73 Å². The molecule has 0 aromatic carbocycles. The molecule has 0 bridgehead atoms. The number of hydrogen-bond acceptors (Lipinski definition) is 4. The summed E-state index contributed by atoms with van der Waals surface area (Å²) in [5.41, 5.74) is 5.57. The quantitative estimate of drug-likeness (QED) is 0.752. The van der Waals surface area contributed by atoms with E-state index in [-0.39, 0.29) is 11.3 Å². The summed E-state index contributed by atoms with van der Waals surface area (Å²) >= 11 is 0. The van der Waals surface area contributed by atoms with Crippen molar-refractivity contribution >= 4 is 10.0 Å². The maximum Gasteiger partial charge on any atom is 0.217 e. The minimum Gasteiger partial charge on any atom is -0.381 e. The molecule has 1 fully saturated rings. The highest BCUT2D eigenvalue weighted by Gasteiger charge is 2.35. The third-order valence-corrected chi connectivity index (χ3v) is 6.06. The molecule has 1 aliphatic rings. The minimum atomic E-state index is -3.24. The van der Waals surface area contributed by atoms with Gasteiger partial charge in [-0.1, -0.05) is 13.8 Å². The van der Waals surface area contributed by atoms with Crippen molar-refractivity contribution in [3.05, 3.63) is 0 Å². The zero-order valence-electron chi connectivity index (χ0n) is 11.5. The Bertz CT molecular complexity index is 322. The largest absolute Gasteiger partial charge is 0.381 e. The lowest BCUT2D eigenvalue weighted by Gasteiger charge is -2.34. The average molecular weight is 278 g/mol. The topological polar surface area (TPSA) is 72.6 Å². The highest BCUT2D eigenvalue weighted by Crippen LogP contribution is 2.23. The monoisotopic (exact) mass is 278 g/mol. The Morgan fingerprint density at radius 1 is 1.28 bits per heavy atom. The molecule has 18 heavy (non-hydrogen) atoms. The molecule has 1 aliphatic heterocycles. The number of ether oxygens (including phenoxy) is 1. The van der Waals surface area contributed by atoms with Crippen molar-refractivity contribution in [1.82, 2.24) is 4.31 Å². The Morgan fingerprint density at radius 3 is 2.28 bits per heavy atom. The summed E-state index contributed by atoms with van der Waals surface area (Å²) in [6, 6.07) is 0.0707. The fourth-order valence-electron chi connectivity index (χ4n) is 2.51. The van der Waals surface area contributed by atoms with Crippen molar-refractivity contribution < 1.29 is 13.2 Å². The van der Waals surface area contributed by atoms with Crippen LogP contribution in [0.3, 0.4) is 0 Å². The Hall–Kier alpha value is -0.170. The molecule has 2 N–H and O–H groups in total. The third kappa shape index (κ3) is 3.66. The first-order valence-corrected chi connectivity index (χ1v) is 8.36. The zero-order valence-corrected chi connectivity index (χ0v) is 12.3. The number of sulfonamides is 1. The lowest BCUT2D eigenvalue weighted by atomic mass is 10.2. The van der Waals surface area contributed by atoms with E-state index in [2.05, 4.69) is 0 Å². The second-order valence-corrected chi connectivity index (χ2v) is 6.89. The summed E-state index contributed by atoms with van der Waals surface area (Å²) in [5.74, 6) is 0. The lowest BCUT2D eigenvalue weighted by Crippen LogP contribution is -2.48. The van der Waals surface area contributed by atoms with Crippen LogP contribution in [-0.4, -0.2) is 50.3 Å². The summed E-state index contributed by atoms with van der Waals surface area (Å²) in [4.78, 5) is 0. The molecule has 1 heterocycles. The van der Waals surface area contributed by atoms with E-state index in [1.54, 1.807) is 4.31 Å². The predicted molar refractivity (Wildman–Crippen MR) is 72.9 cm³/mol. The van der Waals surface area contributed by atoms with Gasteiger partial charge in [-0.2, -0.15) is 4.31 Å². The maximum absolute atomic E-state index is 12.6. The normalized spacial score (nSPS) is 18.7. The smallest absolute Gasteiger partial charge is 0.217 e. The van der Waals surface area contributed by atoms with Gasteiger partial charge in [0, 0.05) is 32.3 Å². The molecular weight excluding hydrogens is 252 g/mol. The van der Waals surface area contributed by atoms with Gasteiger partial charge in [-0.25, -0.2) is 8.42 Å². The summed E-state index contributed by atoms with van der Waals surface area (Å²) in [6.07, 6.45) is 2.87. The fourth-order valence-corrected chi connectivity index (χ4v) is 4.75. The minimum absolute atomic E-state index is 0.0707. The van der Waals surface area contributed by atoms with Gasteiger partial charge >= 0.3 is 0 Å². The molecule has 0 amide bonds. The molecule has 0 atom stereocenters. The van der Waals surface area contributed by atoms with Crippen LogP contribution in [0.25, 0.3) is 0 Å². The summed E-state index contributed by atoms with van der Waals surface area (Å²) < 4.78 is 32.2. The van der Waals surface area contributed by atoms with Crippen LogP contribution in [0, 0.1) is 0 Å². The maximum atomic E-state index is 12.6. The highest BCUT2D eigenvalue weighted by atomic mass is 32.2. The molecule has 6 heteroatoms. The Labute approximate surface area is 111 Å². The second kappa shape index (κ2) is 7.43. The highest BCUT2D eigenvalue weighted by molar-refractivity contribution is 7.89. The molecule has 0 unspecified atom stereocenters. The standard InChI is InChI=1S/C12H26N2O3S/c1-3-11(4-2)14(8-7-13)18(15,16)12-5-9-17-10-6-12/h11-12H,3-10,13H2,1-2H3. The van der Waals surface area contributed by atoms with Gasteiger partial charge in [-0.3, -0.25) is 0 Å². The first-order valence-electron chi connectivity index (χ1n) is 6.86. The molecule has 0 aromatic heterocycles. The number of hydrogen-bond donors (Lipinski definition) is 1. The van der Waals surface area contributed by atoms with Gasteiger partial charge in [0.05, 0.1) is 5.25 Å². The van der Waals surface area contributed by atoms with Crippen molar-refractivity contribution in [2.45, 2.75) is 50.8 Å². The van der Waals surface area contributed by atoms with Crippen LogP contribution in [0.4, 0.5) is 0 Å². The van der Waals surface area contributed by atoms with E-state index in [1.165, 1.54) is 0 Å². The molecule has 0 spiro atoms. The van der Waals surface area contributed by atoms with Gasteiger partial charge in [0.25, 0.3) is 0 Å².